The molecule has 1 aliphatic rings. The first-order chi connectivity index (χ1) is 8.56. The number of aryl methyl sites for hydroxylation is 1. The highest BCUT2D eigenvalue weighted by atomic mass is 35.5. The standard InChI is InChI=1S/C12H13ClN2O3/c1-7-2-3-8(13)4-9(7)15-12(17)10-5-18-6-11(16)14-10/h2-4,10H,5-6H2,1H3,(H,14,16)(H,15,17). The molecule has 0 bridgehead atoms. The van der Waals surface area contributed by atoms with Crippen molar-refractivity contribution in [2.45, 2.75) is 13.0 Å². The maximum atomic E-state index is 11.9. The number of halogens is 1. The Hall–Kier alpha value is -1.59. The van der Waals surface area contributed by atoms with Crippen LogP contribution in [0.25, 0.3) is 0 Å². The van der Waals surface area contributed by atoms with E-state index in [0.717, 1.165) is 5.56 Å². The molecule has 96 valence electrons. The fourth-order valence-corrected chi connectivity index (χ4v) is 1.81. The van der Waals surface area contributed by atoms with Crippen molar-refractivity contribution in [3.8, 4) is 0 Å². The number of morpholine rings is 1. The van der Waals surface area contributed by atoms with E-state index >= 15 is 0 Å². The quantitative estimate of drug-likeness (QED) is 0.844. The van der Waals surface area contributed by atoms with Crippen LogP contribution < -0.4 is 10.6 Å². The van der Waals surface area contributed by atoms with E-state index in [-0.39, 0.29) is 25.0 Å². The van der Waals surface area contributed by atoms with Gasteiger partial charge in [-0.2, -0.15) is 0 Å². The Bertz CT molecular complexity index is 490. The molecule has 1 aromatic rings. The van der Waals surface area contributed by atoms with E-state index in [1.54, 1.807) is 12.1 Å². The minimum absolute atomic E-state index is 0.0000269. The van der Waals surface area contributed by atoms with Gasteiger partial charge in [0.2, 0.25) is 11.8 Å². The van der Waals surface area contributed by atoms with Crippen LogP contribution >= 0.6 is 11.6 Å². The second-order valence-electron chi connectivity index (χ2n) is 4.08. The molecule has 1 atom stereocenters. The highest BCUT2D eigenvalue weighted by Crippen LogP contribution is 2.20. The minimum Gasteiger partial charge on any atom is -0.369 e. The number of hydrogen-bond donors (Lipinski definition) is 2. The van der Waals surface area contributed by atoms with E-state index in [1.807, 2.05) is 13.0 Å². The molecule has 2 N–H and O–H groups in total. The van der Waals surface area contributed by atoms with Crippen LogP contribution in [0.3, 0.4) is 0 Å². The maximum absolute atomic E-state index is 11.9. The van der Waals surface area contributed by atoms with Gasteiger partial charge in [0.05, 0.1) is 6.61 Å². The molecular weight excluding hydrogens is 256 g/mol. The zero-order valence-electron chi connectivity index (χ0n) is 9.83. The highest BCUT2D eigenvalue weighted by Gasteiger charge is 2.25. The number of hydrogen-bond acceptors (Lipinski definition) is 3. The summed E-state index contributed by atoms with van der Waals surface area (Å²) >= 11 is 5.86. The molecule has 6 heteroatoms. The lowest BCUT2D eigenvalue weighted by atomic mass is 10.2. The van der Waals surface area contributed by atoms with Gasteiger partial charge >= 0.3 is 0 Å². The monoisotopic (exact) mass is 268 g/mol. The van der Waals surface area contributed by atoms with Crippen molar-refractivity contribution >= 4 is 29.1 Å². The molecule has 1 fully saturated rings. The summed E-state index contributed by atoms with van der Waals surface area (Å²) < 4.78 is 5.01. The van der Waals surface area contributed by atoms with Gasteiger partial charge in [0.1, 0.15) is 12.6 Å². The van der Waals surface area contributed by atoms with Gasteiger partial charge in [-0.05, 0) is 24.6 Å². The largest absolute Gasteiger partial charge is 0.369 e. The predicted molar refractivity (Wildman–Crippen MR) is 67.6 cm³/mol. The second kappa shape index (κ2) is 5.37. The van der Waals surface area contributed by atoms with Gasteiger partial charge in [-0.1, -0.05) is 17.7 Å². The number of carbonyl (C=O) groups is 2. The smallest absolute Gasteiger partial charge is 0.249 e. The summed E-state index contributed by atoms with van der Waals surface area (Å²) in [7, 11) is 0. The van der Waals surface area contributed by atoms with Crippen LogP contribution in [0.5, 0.6) is 0 Å². The fourth-order valence-electron chi connectivity index (χ4n) is 1.64. The van der Waals surface area contributed by atoms with Crippen molar-refractivity contribution < 1.29 is 14.3 Å². The van der Waals surface area contributed by atoms with Gasteiger partial charge < -0.3 is 15.4 Å². The van der Waals surface area contributed by atoms with Gasteiger partial charge in [-0.15, -0.1) is 0 Å². The highest BCUT2D eigenvalue weighted by molar-refractivity contribution is 6.31. The average molecular weight is 269 g/mol. The molecular formula is C12H13ClN2O3. The molecule has 0 spiro atoms. The topological polar surface area (TPSA) is 67.4 Å². The number of anilines is 1. The summed E-state index contributed by atoms with van der Waals surface area (Å²) in [4.78, 5) is 23.0. The fraction of sp³-hybridized carbons (Fsp3) is 0.333. The first kappa shape index (κ1) is 12.9. The molecule has 1 aliphatic heterocycles. The molecule has 2 amide bonds. The van der Waals surface area contributed by atoms with Gasteiger partial charge in [-0.25, -0.2) is 0 Å². The number of nitrogens with one attached hydrogen (secondary N) is 2. The van der Waals surface area contributed by atoms with E-state index in [0.29, 0.717) is 10.7 Å². The van der Waals surface area contributed by atoms with Crippen LogP contribution in [0.4, 0.5) is 5.69 Å². The van der Waals surface area contributed by atoms with E-state index in [1.165, 1.54) is 0 Å². The number of amides is 2. The SMILES string of the molecule is Cc1ccc(Cl)cc1NC(=O)C1COCC(=O)N1. The number of ether oxygens (including phenoxy) is 1. The summed E-state index contributed by atoms with van der Waals surface area (Å²) in [6.45, 7) is 2.04. The number of carbonyl (C=O) groups excluding carboxylic acids is 2. The van der Waals surface area contributed by atoms with Crippen molar-refractivity contribution in [1.29, 1.82) is 0 Å². The lowest BCUT2D eigenvalue weighted by Gasteiger charge is -2.23. The van der Waals surface area contributed by atoms with Crippen molar-refractivity contribution in [2.24, 2.45) is 0 Å². The zero-order chi connectivity index (χ0) is 13.1. The molecule has 0 radical (unpaired) electrons. The molecule has 0 saturated carbocycles. The van der Waals surface area contributed by atoms with E-state index in [2.05, 4.69) is 10.6 Å². The zero-order valence-corrected chi connectivity index (χ0v) is 10.6. The predicted octanol–water partition coefficient (Wildman–Crippen LogP) is 1.10. The maximum Gasteiger partial charge on any atom is 0.249 e. The Balaban J connectivity index is 2.06. The number of rotatable bonds is 2. The lowest BCUT2D eigenvalue weighted by Crippen LogP contribution is -2.52. The van der Waals surface area contributed by atoms with Crippen LogP contribution in [-0.4, -0.2) is 31.1 Å². The van der Waals surface area contributed by atoms with Gasteiger partial charge in [-0.3, -0.25) is 9.59 Å². The van der Waals surface area contributed by atoms with Gasteiger partial charge in [0, 0.05) is 10.7 Å². The molecule has 2 rings (SSSR count). The Kier molecular flexibility index (Phi) is 3.84. The molecule has 18 heavy (non-hydrogen) atoms. The Morgan fingerprint density at radius 1 is 1.56 bits per heavy atom. The van der Waals surface area contributed by atoms with E-state index < -0.39 is 6.04 Å². The Labute approximate surface area is 109 Å². The molecule has 1 aromatic carbocycles. The van der Waals surface area contributed by atoms with Crippen LogP contribution in [0.2, 0.25) is 5.02 Å². The molecule has 0 aromatic heterocycles. The third kappa shape index (κ3) is 3.00. The van der Waals surface area contributed by atoms with Gasteiger partial charge in [0.15, 0.2) is 0 Å². The third-order valence-corrected chi connectivity index (χ3v) is 2.86. The summed E-state index contributed by atoms with van der Waals surface area (Å²) in [5.41, 5.74) is 1.53. The molecule has 1 unspecified atom stereocenters. The Morgan fingerprint density at radius 2 is 2.33 bits per heavy atom. The van der Waals surface area contributed by atoms with Crippen molar-refractivity contribution in [3.63, 3.8) is 0 Å². The first-order valence-electron chi connectivity index (χ1n) is 5.50. The molecule has 5 nitrogen and oxygen atoms in total. The summed E-state index contributed by atoms with van der Waals surface area (Å²) in [5, 5.41) is 5.83. The third-order valence-electron chi connectivity index (χ3n) is 2.63. The Morgan fingerprint density at radius 3 is 3.06 bits per heavy atom. The normalized spacial score (nSPS) is 19.2. The van der Waals surface area contributed by atoms with Crippen molar-refractivity contribution in [2.75, 3.05) is 18.5 Å². The van der Waals surface area contributed by atoms with Crippen LogP contribution in [0.1, 0.15) is 5.56 Å². The van der Waals surface area contributed by atoms with E-state index in [9.17, 15) is 9.59 Å². The molecule has 0 aliphatic carbocycles. The minimum atomic E-state index is -0.662. The van der Waals surface area contributed by atoms with Crippen LogP contribution in [0, 0.1) is 6.92 Å². The molecule has 1 saturated heterocycles. The van der Waals surface area contributed by atoms with Crippen LogP contribution in [0.15, 0.2) is 18.2 Å². The van der Waals surface area contributed by atoms with Crippen molar-refractivity contribution in [1.82, 2.24) is 5.32 Å². The lowest BCUT2D eigenvalue weighted by molar-refractivity contribution is -0.136. The summed E-state index contributed by atoms with van der Waals surface area (Å²) in [5.74, 6) is -0.599. The number of benzene rings is 1. The van der Waals surface area contributed by atoms with Crippen molar-refractivity contribution in [3.05, 3.63) is 28.8 Å². The first-order valence-corrected chi connectivity index (χ1v) is 5.88. The second-order valence-corrected chi connectivity index (χ2v) is 4.52. The average Bonchev–Trinajstić information content (AvgIpc) is 2.34. The summed E-state index contributed by atoms with van der Waals surface area (Å²) in [6, 6.07) is 4.57. The molecule has 1 heterocycles. The summed E-state index contributed by atoms with van der Waals surface area (Å²) in [6.07, 6.45) is 0. The van der Waals surface area contributed by atoms with Gasteiger partial charge in [0.25, 0.3) is 0 Å². The van der Waals surface area contributed by atoms with Crippen LogP contribution in [-0.2, 0) is 14.3 Å². The van der Waals surface area contributed by atoms with E-state index in [4.69, 9.17) is 16.3 Å².